The maximum atomic E-state index is 13.9. The summed E-state index contributed by atoms with van der Waals surface area (Å²) in [6.45, 7) is 2.52. The van der Waals surface area contributed by atoms with Gasteiger partial charge in [-0.2, -0.15) is 10.1 Å². The Morgan fingerprint density at radius 2 is 2.11 bits per heavy atom. The first kappa shape index (κ1) is 18.5. The standard InChI is InChI=1S/C19H16ClF2N5O/c1-2-6-27-18(28)13-7-15(24-17(13)25-19(27)20)12-8-23-26(10-12)9-11-4-3-5-14(21)16(11)22/h3-5,8,10H,2,6-7,9H2,1H3. The van der Waals surface area contributed by atoms with Crippen molar-refractivity contribution in [2.75, 3.05) is 0 Å². The largest absolute Gasteiger partial charge is 0.283 e. The van der Waals surface area contributed by atoms with Crippen molar-refractivity contribution >= 4 is 23.1 Å². The molecule has 4 rings (SSSR count). The van der Waals surface area contributed by atoms with E-state index in [1.807, 2.05) is 6.92 Å². The molecule has 0 radical (unpaired) electrons. The van der Waals surface area contributed by atoms with Gasteiger partial charge in [0.1, 0.15) is 0 Å². The van der Waals surface area contributed by atoms with Crippen molar-refractivity contribution < 1.29 is 8.78 Å². The van der Waals surface area contributed by atoms with Crippen molar-refractivity contribution in [1.29, 1.82) is 0 Å². The van der Waals surface area contributed by atoms with Gasteiger partial charge in [-0.3, -0.25) is 14.0 Å². The Bertz CT molecular complexity index is 1150. The third kappa shape index (κ3) is 3.24. The zero-order chi connectivity index (χ0) is 19.8. The van der Waals surface area contributed by atoms with Gasteiger partial charge in [0.15, 0.2) is 17.5 Å². The molecule has 0 unspecified atom stereocenters. The third-order valence-corrected chi connectivity index (χ3v) is 4.85. The smallest absolute Gasteiger partial charge is 0.260 e. The fraction of sp³-hybridized carbons (Fsp3) is 0.263. The van der Waals surface area contributed by atoms with Crippen LogP contribution in [-0.2, 0) is 19.5 Å². The predicted octanol–water partition coefficient (Wildman–Crippen LogP) is 3.51. The minimum Gasteiger partial charge on any atom is -0.283 e. The second-order valence-electron chi connectivity index (χ2n) is 6.51. The number of nitrogens with zero attached hydrogens (tertiary/aromatic N) is 5. The van der Waals surface area contributed by atoms with E-state index in [1.54, 1.807) is 12.4 Å². The van der Waals surface area contributed by atoms with E-state index in [4.69, 9.17) is 11.6 Å². The van der Waals surface area contributed by atoms with Crippen molar-refractivity contribution in [2.24, 2.45) is 4.99 Å². The first-order valence-corrected chi connectivity index (χ1v) is 9.18. The average molecular weight is 404 g/mol. The van der Waals surface area contributed by atoms with E-state index < -0.39 is 11.6 Å². The highest BCUT2D eigenvalue weighted by molar-refractivity contribution is 6.28. The van der Waals surface area contributed by atoms with Crippen LogP contribution in [0.4, 0.5) is 14.6 Å². The summed E-state index contributed by atoms with van der Waals surface area (Å²) in [5.41, 5.74) is 1.83. The molecule has 28 heavy (non-hydrogen) atoms. The molecule has 0 aliphatic carbocycles. The Morgan fingerprint density at radius 3 is 2.89 bits per heavy atom. The van der Waals surface area contributed by atoms with Gasteiger partial charge >= 0.3 is 0 Å². The second kappa shape index (κ2) is 7.27. The van der Waals surface area contributed by atoms with Crippen LogP contribution in [0.1, 0.15) is 30.0 Å². The number of rotatable bonds is 5. The predicted molar refractivity (Wildman–Crippen MR) is 101 cm³/mol. The number of halogens is 3. The summed E-state index contributed by atoms with van der Waals surface area (Å²) in [5, 5.41) is 4.31. The molecular formula is C19H16ClF2N5O. The van der Waals surface area contributed by atoms with E-state index >= 15 is 0 Å². The van der Waals surface area contributed by atoms with E-state index in [0.29, 0.717) is 35.6 Å². The molecule has 0 saturated carbocycles. The van der Waals surface area contributed by atoms with Gasteiger partial charge in [-0.15, -0.1) is 0 Å². The zero-order valence-electron chi connectivity index (χ0n) is 15.0. The summed E-state index contributed by atoms with van der Waals surface area (Å²) in [4.78, 5) is 21.3. The van der Waals surface area contributed by atoms with Gasteiger partial charge in [-0.1, -0.05) is 19.1 Å². The summed E-state index contributed by atoms with van der Waals surface area (Å²) in [7, 11) is 0. The maximum absolute atomic E-state index is 13.9. The van der Waals surface area contributed by atoms with Crippen LogP contribution in [0.2, 0.25) is 5.28 Å². The molecule has 2 aromatic heterocycles. The van der Waals surface area contributed by atoms with E-state index in [0.717, 1.165) is 12.5 Å². The Labute approximate surface area is 164 Å². The molecule has 1 aliphatic rings. The summed E-state index contributed by atoms with van der Waals surface area (Å²) < 4.78 is 30.2. The first-order chi connectivity index (χ1) is 13.5. The van der Waals surface area contributed by atoms with Crippen molar-refractivity contribution in [3.05, 3.63) is 74.6 Å². The lowest BCUT2D eigenvalue weighted by Gasteiger charge is -2.07. The number of hydrogen-bond donors (Lipinski definition) is 0. The van der Waals surface area contributed by atoms with Crippen LogP contribution in [0.25, 0.3) is 0 Å². The molecule has 0 bridgehead atoms. The number of hydrogen-bond acceptors (Lipinski definition) is 4. The molecule has 144 valence electrons. The quantitative estimate of drug-likeness (QED) is 0.612. The number of aromatic nitrogens is 4. The van der Waals surface area contributed by atoms with Crippen LogP contribution in [0, 0.1) is 11.6 Å². The lowest BCUT2D eigenvalue weighted by atomic mass is 10.1. The number of fused-ring (bicyclic) bond motifs is 1. The maximum Gasteiger partial charge on any atom is 0.260 e. The number of aliphatic imine (C=N–C) groups is 1. The van der Waals surface area contributed by atoms with Crippen molar-refractivity contribution in [1.82, 2.24) is 19.3 Å². The van der Waals surface area contributed by atoms with Gasteiger partial charge < -0.3 is 0 Å². The Balaban J connectivity index is 1.60. The fourth-order valence-corrected chi connectivity index (χ4v) is 3.41. The Kier molecular flexibility index (Phi) is 4.80. The van der Waals surface area contributed by atoms with Crippen molar-refractivity contribution in [2.45, 2.75) is 32.9 Å². The minimum atomic E-state index is -0.896. The van der Waals surface area contributed by atoms with Gasteiger partial charge in [0.25, 0.3) is 5.56 Å². The molecule has 1 aliphatic heterocycles. The fourth-order valence-electron chi connectivity index (χ4n) is 3.17. The summed E-state index contributed by atoms with van der Waals surface area (Å²) >= 11 is 6.11. The van der Waals surface area contributed by atoms with Crippen LogP contribution in [0.5, 0.6) is 0 Å². The van der Waals surface area contributed by atoms with E-state index in [2.05, 4.69) is 15.1 Å². The molecule has 0 fully saturated rings. The van der Waals surface area contributed by atoms with E-state index in [-0.39, 0.29) is 23.0 Å². The molecule has 1 aromatic carbocycles. The van der Waals surface area contributed by atoms with Crippen LogP contribution in [0.15, 0.2) is 40.4 Å². The molecule has 0 spiro atoms. The summed E-state index contributed by atoms with van der Waals surface area (Å²) in [6, 6.07) is 4.03. The lowest BCUT2D eigenvalue weighted by Crippen LogP contribution is -2.25. The monoisotopic (exact) mass is 403 g/mol. The van der Waals surface area contributed by atoms with Crippen LogP contribution in [0.3, 0.4) is 0 Å². The summed E-state index contributed by atoms with van der Waals surface area (Å²) in [5.74, 6) is -1.46. The van der Waals surface area contributed by atoms with Crippen LogP contribution < -0.4 is 5.56 Å². The van der Waals surface area contributed by atoms with Crippen LogP contribution >= 0.6 is 11.6 Å². The zero-order valence-corrected chi connectivity index (χ0v) is 15.7. The average Bonchev–Trinajstić information content (AvgIpc) is 3.29. The number of benzene rings is 1. The van der Waals surface area contributed by atoms with Gasteiger partial charge in [0, 0.05) is 30.3 Å². The summed E-state index contributed by atoms with van der Waals surface area (Å²) in [6.07, 6.45) is 4.34. The van der Waals surface area contributed by atoms with Gasteiger partial charge in [-0.25, -0.2) is 13.8 Å². The molecule has 0 atom stereocenters. The molecule has 0 amide bonds. The molecule has 0 saturated heterocycles. The normalized spacial score (nSPS) is 12.9. The Hall–Kier alpha value is -2.87. The highest BCUT2D eigenvalue weighted by Crippen LogP contribution is 2.26. The molecule has 3 heterocycles. The molecule has 0 N–H and O–H groups in total. The van der Waals surface area contributed by atoms with Gasteiger partial charge in [-0.05, 0) is 24.1 Å². The molecule has 6 nitrogen and oxygen atoms in total. The lowest BCUT2D eigenvalue weighted by molar-refractivity contribution is 0.492. The highest BCUT2D eigenvalue weighted by atomic mass is 35.5. The van der Waals surface area contributed by atoms with Crippen molar-refractivity contribution in [3.8, 4) is 0 Å². The second-order valence-corrected chi connectivity index (χ2v) is 6.85. The van der Waals surface area contributed by atoms with Gasteiger partial charge in [0.05, 0.1) is 24.0 Å². The van der Waals surface area contributed by atoms with E-state index in [1.165, 1.54) is 21.4 Å². The van der Waals surface area contributed by atoms with Crippen molar-refractivity contribution in [3.63, 3.8) is 0 Å². The van der Waals surface area contributed by atoms with Crippen LogP contribution in [-0.4, -0.2) is 25.0 Å². The molecule has 9 heteroatoms. The minimum absolute atomic E-state index is 0.0806. The third-order valence-electron chi connectivity index (χ3n) is 4.56. The van der Waals surface area contributed by atoms with E-state index in [9.17, 15) is 13.6 Å². The topological polar surface area (TPSA) is 65.1 Å². The van der Waals surface area contributed by atoms with Gasteiger partial charge in [0.2, 0.25) is 5.28 Å². The first-order valence-electron chi connectivity index (χ1n) is 8.80. The molecular weight excluding hydrogens is 388 g/mol. The SMILES string of the molecule is CCCn1c(Cl)nc2c(c1=O)CC(c1cnn(Cc3cccc(F)c3F)c1)=N2. The highest BCUT2D eigenvalue weighted by Gasteiger charge is 2.24. The Morgan fingerprint density at radius 1 is 1.29 bits per heavy atom. The molecule has 3 aromatic rings.